The van der Waals surface area contributed by atoms with Gasteiger partial charge >= 0.3 is 5.97 Å². The van der Waals surface area contributed by atoms with Gasteiger partial charge in [0.25, 0.3) is 5.69 Å². The number of rotatable bonds is 6. The van der Waals surface area contributed by atoms with E-state index in [-0.39, 0.29) is 23.9 Å². The van der Waals surface area contributed by atoms with E-state index in [0.717, 1.165) is 5.56 Å². The minimum absolute atomic E-state index is 0.0234. The van der Waals surface area contributed by atoms with E-state index in [1.807, 2.05) is 18.2 Å². The highest BCUT2D eigenvalue weighted by Gasteiger charge is 2.27. The summed E-state index contributed by atoms with van der Waals surface area (Å²) in [6.45, 7) is 1.86. The van der Waals surface area contributed by atoms with E-state index in [2.05, 4.69) is 36.9 Å². The second kappa shape index (κ2) is 10.1. The molecule has 0 N–H and O–H groups in total. The molecule has 0 fully saturated rings. The minimum Gasteiger partial charge on any atom is -0.486 e. The van der Waals surface area contributed by atoms with Crippen molar-refractivity contribution in [2.45, 2.75) is 13.5 Å². The summed E-state index contributed by atoms with van der Waals surface area (Å²) in [5.74, 6) is -0.0463. The molecule has 0 bridgehead atoms. The number of hydrogen-bond acceptors (Lipinski definition) is 6. The monoisotopic (exact) mass is 604 g/mol. The summed E-state index contributed by atoms with van der Waals surface area (Å²) >= 11 is 13.2. The first-order valence-electron chi connectivity index (χ1n) is 9.87. The smallest absolute Gasteiger partial charge is 0.363 e. The molecule has 1 aliphatic heterocycles. The maximum atomic E-state index is 12.4. The number of hydrogen-bond donors (Lipinski definition) is 0. The third-order valence-corrected chi connectivity index (χ3v) is 6.55. The summed E-state index contributed by atoms with van der Waals surface area (Å²) in [5.41, 5.74) is 2.26. The molecule has 0 saturated heterocycles. The second-order valence-corrected chi connectivity index (χ2v) is 9.35. The Morgan fingerprint density at radius 3 is 2.53 bits per heavy atom. The number of carbonyl (C=O) groups excluding carboxylic acids is 1. The van der Waals surface area contributed by atoms with E-state index in [4.69, 9.17) is 21.1 Å². The largest absolute Gasteiger partial charge is 0.486 e. The van der Waals surface area contributed by atoms with E-state index in [0.29, 0.717) is 36.4 Å². The lowest BCUT2D eigenvalue weighted by atomic mass is 10.1. The van der Waals surface area contributed by atoms with Crippen molar-refractivity contribution in [3.05, 3.63) is 107 Å². The quantitative estimate of drug-likeness (QED) is 0.130. The van der Waals surface area contributed by atoms with Gasteiger partial charge in [-0.15, -0.1) is 0 Å². The zero-order valence-electron chi connectivity index (χ0n) is 17.6. The molecule has 0 saturated carbocycles. The maximum absolute atomic E-state index is 12.4. The summed E-state index contributed by atoms with van der Waals surface area (Å²) in [4.78, 5) is 27.4. The van der Waals surface area contributed by atoms with Gasteiger partial charge in [-0.25, -0.2) is 9.79 Å². The highest BCUT2D eigenvalue weighted by atomic mass is 79.9. The fourth-order valence-electron chi connectivity index (χ4n) is 3.30. The van der Waals surface area contributed by atoms with Crippen molar-refractivity contribution >= 4 is 67.1 Å². The topological polar surface area (TPSA) is 91.0 Å². The third kappa shape index (κ3) is 5.06. The van der Waals surface area contributed by atoms with Crippen LogP contribution < -0.4 is 4.74 Å². The van der Waals surface area contributed by atoms with Crippen molar-refractivity contribution in [1.29, 1.82) is 0 Å². The number of nitrogens with zero attached hydrogens (tertiary/aromatic N) is 2. The van der Waals surface area contributed by atoms with E-state index in [1.54, 1.807) is 37.3 Å². The predicted octanol–water partition coefficient (Wildman–Crippen LogP) is 7.01. The molecule has 0 unspecified atom stereocenters. The van der Waals surface area contributed by atoms with Gasteiger partial charge in [0.2, 0.25) is 5.90 Å². The Hall–Kier alpha value is -3.01. The van der Waals surface area contributed by atoms with Crippen LogP contribution in [0.4, 0.5) is 5.69 Å². The lowest BCUT2D eigenvalue weighted by Crippen LogP contribution is -2.08. The molecule has 1 heterocycles. The highest BCUT2D eigenvalue weighted by Crippen LogP contribution is 2.37. The molecule has 172 valence electrons. The Balaban J connectivity index is 1.60. The summed E-state index contributed by atoms with van der Waals surface area (Å²) in [6, 6.07) is 15.5. The Morgan fingerprint density at radius 2 is 1.85 bits per heavy atom. The molecular weight excluding hydrogens is 592 g/mol. The van der Waals surface area contributed by atoms with Gasteiger partial charge < -0.3 is 9.47 Å². The number of ether oxygens (including phenoxy) is 2. The van der Waals surface area contributed by atoms with Crippen molar-refractivity contribution in [2.24, 2.45) is 4.99 Å². The van der Waals surface area contributed by atoms with Crippen LogP contribution >= 0.6 is 43.5 Å². The molecule has 34 heavy (non-hydrogen) atoms. The minimum atomic E-state index is -0.646. The predicted molar refractivity (Wildman–Crippen MR) is 136 cm³/mol. The number of esters is 1. The zero-order chi connectivity index (χ0) is 24.4. The molecule has 3 aromatic rings. The number of nitro groups is 1. The molecule has 0 radical (unpaired) electrons. The zero-order valence-corrected chi connectivity index (χ0v) is 21.5. The Kier molecular flexibility index (Phi) is 7.16. The van der Waals surface area contributed by atoms with Crippen LogP contribution in [-0.4, -0.2) is 16.8 Å². The Labute approximate surface area is 216 Å². The van der Waals surface area contributed by atoms with Gasteiger partial charge in [-0.1, -0.05) is 35.9 Å². The van der Waals surface area contributed by atoms with E-state index < -0.39 is 10.9 Å². The lowest BCUT2D eigenvalue weighted by Gasteiger charge is -2.12. The number of halogens is 3. The van der Waals surface area contributed by atoms with E-state index >= 15 is 0 Å². The standard InChI is InChI=1S/C24H15Br2ClN2O5/c1-13-16(6-4-8-21(13)29(31)32)23-28-20(24(30)34-23)11-14-9-17(25)22(18(26)10-14)33-12-15-5-2-3-7-19(15)27/h2-11H,12H2,1H3/b20-11-. The summed E-state index contributed by atoms with van der Waals surface area (Å²) in [5, 5.41) is 11.8. The van der Waals surface area contributed by atoms with Crippen molar-refractivity contribution in [3.63, 3.8) is 0 Å². The van der Waals surface area contributed by atoms with E-state index in [1.165, 1.54) is 12.1 Å². The summed E-state index contributed by atoms with van der Waals surface area (Å²) in [7, 11) is 0. The first-order chi connectivity index (χ1) is 16.2. The van der Waals surface area contributed by atoms with Crippen LogP contribution in [0.1, 0.15) is 22.3 Å². The van der Waals surface area contributed by atoms with E-state index in [9.17, 15) is 14.9 Å². The number of benzene rings is 3. The first kappa shape index (κ1) is 24.1. The van der Waals surface area contributed by atoms with Crippen LogP contribution in [0.2, 0.25) is 5.02 Å². The fraction of sp³-hybridized carbons (Fsp3) is 0.0833. The number of nitro benzene ring substituents is 1. The van der Waals surface area contributed by atoms with Crippen LogP contribution in [0.15, 0.2) is 74.2 Å². The van der Waals surface area contributed by atoms with Gasteiger partial charge in [0.15, 0.2) is 5.70 Å². The molecule has 0 atom stereocenters. The molecule has 1 aliphatic rings. The molecule has 3 aromatic carbocycles. The number of carbonyl (C=O) groups is 1. The Morgan fingerprint density at radius 1 is 1.15 bits per heavy atom. The molecule has 0 aliphatic carbocycles. The van der Waals surface area contributed by atoms with Gasteiger partial charge in [-0.05, 0) is 74.7 Å². The third-order valence-electron chi connectivity index (χ3n) is 5.01. The molecule has 0 spiro atoms. The van der Waals surface area contributed by atoms with Gasteiger partial charge in [0.05, 0.1) is 13.9 Å². The van der Waals surface area contributed by atoms with Gasteiger partial charge in [-0.3, -0.25) is 10.1 Å². The normalized spacial score (nSPS) is 14.2. The van der Waals surface area contributed by atoms with Crippen molar-refractivity contribution < 1.29 is 19.2 Å². The summed E-state index contributed by atoms with van der Waals surface area (Å²) in [6.07, 6.45) is 1.56. The molecule has 0 aromatic heterocycles. The molecule has 7 nitrogen and oxygen atoms in total. The van der Waals surface area contributed by atoms with Crippen molar-refractivity contribution in [1.82, 2.24) is 0 Å². The molecule has 4 rings (SSSR count). The van der Waals surface area contributed by atoms with Crippen LogP contribution in [-0.2, 0) is 16.1 Å². The van der Waals surface area contributed by atoms with Crippen LogP contribution in [0, 0.1) is 17.0 Å². The molecule has 10 heteroatoms. The first-order valence-corrected chi connectivity index (χ1v) is 11.8. The summed E-state index contributed by atoms with van der Waals surface area (Å²) < 4.78 is 12.5. The van der Waals surface area contributed by atoms with Crippen LogP contribution in [0.3, 0.4) is 0 Å². The lowest BCUT2D eigenvalue weighted by molar-refractivity contribution is -0.385. The molecular formula is C24H15Br2ClN2O5. The number of cyclic esters (lactones) is 1. The fourth-order valence-corrected chi connectivity index (χ4v) is 4.94. The van der Waals surface area contributed by atoms with Gasteiger partial charge in [0, 0.05) is 27.8 Å². The average Bonchev–Trinajstić information content (AvgIpc) is 3.14. The average molecular weight is 607 g/mol. The van der Waals surface area contributed by atoms with Crippen LogP contribution in [0.25, 0.3) is 6.08 Å². The Bertz CT molecular complexity index is 1360. The molecule has 0 amide bonds. The van der Waals surface area contributed by atoms with Crippen LogP contribution in [0.5, 0.6) is 5.75 Å². The SMILES string of the molecule is Cc1c(C2=N/C(=C\c3cc(Br)c(OCc4ccccc4Cl)c(Br)c3)C(=O)O2)cccc1[N+](=O)[O-]. The highest BCUT2D eigenvalue weighted by molar-refractivity contribution is 9.11. The van der Waals surface area contributed by atoms with Crippen molar-refractivity contribution in [3.8, 4) is 5.75 Å². The van der Waals surface area contributed by atoms with Crippen molar-refractivity contribution in [2.75, 3.05) is 0 Å². The number of aliphatic imine (C=N–C) groups is 1. The second-order valence-electron chi connectivity index (χ2n) is 7.24. The van der Waals surface area contributed by atoms with Gasteiger partial charge in [0.1, 0.15) is 12.4 Å². The van der Waals surface area contributed by atoms with Gasteiger partial charge in [-0.2, -0.15) is 0 Å². The maximum Gasteiger partial charge on any atom is 0.363 e.